The quantitative estimate of drug-likeness (QED) is 0.662. The number of amides is 2. The Morgan fingerprint density at radius 2 is 1.77 bits per heavy atom. The van der Waals surface area contributed by atoms with Gasteiger partial charge in [0.2, 0.25) is 11.8 Å². The smallest absolute Gasteiger partial charge is 0.245 e. The Morgan fingerprint density at radius 3 is 2.35 bits per heavy atom. The summed E-state index contributed by atoms with van der Waals surface area (Å²) in [5, 5.41) is 3.59. The van der Waals surface area contributed by atoms with Crippen molar-refractivity contribution >= 4 is 23.4 Å². The maximum absolute atomic E-state index is 13.4. The number of likely N-dealkylation sites (tertiary alicyclic amines) is 1. The van der Waals surface area contributed by atoms with Gasteiger partial charge in [0.1, 0.15) is 11.9 Å². The summed E-state index contributed by atoms with van der Waals surface area (Å²) in [5.74, 6) is -0.328. The van der Waals surface area contributed by atoms with Crippen molar-refractivity contribution in [2.24, 2.45) is 5.92 Å². The minimum atomic E-state index is -0.585. The molecule has 0 spiro atoms. The fourth-order valence-electron chi connectivity index (χ4n) is 3.94. The highest BCUT2D eigenvalue weighted by Gasteiger charge is 2.31. The van der Waals surface area contributed by atoms with Gasteiger partial charge in [0.25, 0.3) is 0 Å². The number of halogens is 2. The van der Waals surface area contributed by atoms with Crippen LogP contribution in [0.15, 0.2) is 48.5 Å². The molecular weight excluding hydrogens is 415 g/mol. The molecule has 0 bridgehead atoms. The first-order valence-corrected chi connectivity index (χ1v) is 10.8. The average Bonchev–Trinajstić information content (AvgIpc) is 2.72. The van der Waals surface area contributed by atoms with Crippen LogP contribution in [-0.2, 0) is 16.0 Å². The molecule has 0 aromatic heterocycles. The van der Waals surface area contributed by atoms with Gasteiger partial charge in [0.05, 0.1) is 6.42 Å². The minimum Gasteiger partial charge on any atom is -0.344 e. The number of nitrogens with one attached hydrogen (secondary N) is 1. The van der Waals surface area contributed by atoms with E-state index in [1.165, 1.54) is 17.7 Å². The average molecular weight is 447 g/mol. The fourth-order valence-corrected chi connectivity index (χ4v) is 4.06. The van der Waals surface area contributed by atoms with Crippen LogP contribution >= 0.6 is 11.6 Å². The van der Waals surface area contributed by atoms with Crippen LogP contribution in [0.3, 0.4) is 0 Å². The second-order valence-corrected chi connectivity index (χ2v) is 8.68. The zero-order valence-electron chi connectivity index (χ0n) is 17.4. The van der Waals surface area contributed by atoms with Crippen LogP contribution in [-0.4, -0.2) is 35.8 Å². The van der Waals surface area contributed by atoms with E-state index in [0.29, 0.717) is 24.6 Å². The summed E-state index contributed by atoms with van der Waals surface area (Å²) in [6.07, 6.45) is 1.82. The monoisotopic (exact) mass is 446 g/mol. The number of benzene rings is 2. The molecule has 0 unspecified atom stereocenters. The molecule has 1 atom stereocenters. The first-order chi connectivity index (χ1) is 14.3. The van der Waals surface area contributed by atoms with Gasteiger partial charge in [-0.15, -0.1) is 0 Å². The van der Waals surface area contributed by atoms with Crippen LogP contribution in [0.2, 0.25) is 5.02 Å². The molecule has 1 saturated heterocycles. The SMILES string of the molecule is C.CC(C)[C@@H](NC(=O)Cc1cccc(F)c1)C(=O)N1CCC(c2ccc(Cl)cc2)CC1. The molecule has 2 aromatic rings. The van der Waals surface area contributed by atoms with E-state index in [0.717, 1.165) is 17.9 Å². The van der Waals surface area contributed by atoms with E-state index >= 15 is 0 Å². The Kier molecular flexibility index (Phi) is 9.05. The summed E-state index contributed by atoms with van der Waals surface area (Å²) in [7, 11) is 0. The molecule has 2 amide bonds. The predicted octanol–water partition coefficient (Wildman–Crippen LogP) is 5.20. The highest BCUT2D eigenvalue weighted by Crippen LogP contribution is 2.29. The number of carbonyl (C=O) groups excluding carboxylic acids is 2. The lowest BCUT2D eigenvalue weighted by atomic mass is 9.89. The Bertz CT molecular complexity index is 877. The van der Waals surface area contributed by atoms with Crippen molar-refractivity contribution in [2.75, 3.05) is 13.1 Å². The molecule has 1 heterocycles. The van der Waals surface area contributed by atoms with Crippen LogP contribution in [0.5, 0.6) is 0 Å². The number of hydrogen-bond donors (Lipinski definition) is 1. The number of hydrogen-bond acceptors (Lipinski definition) is 2. The molecule has 0 radical (unpaired) electrons. The van der Waals surface area contributed by atoms with Gasteiger partial charge < -0.3 is 10.2 Å². The molecule has 4 nitrogen and oxygen atoms in total. The van der Waals surface area contributed by atoms with Gasteiger partial charge in [-0.2, -0.15) is 0 Å². The van der Waals surface area contributed by atoms with Crippen molar-refractivity contribution < 1.29 is 14.0 Å². The number of rotatable bonds is 6. The molecule has 1 fully saturated rings. The summed E-state index contributed by atoms with van der Waals surface area (Å²) >= 11 is 5.97. The summed E-state index contributed by atoms with van der Waals surface area (Å²) < 4.78 is 13.4. The first-order valence-electron chi connectivity index (χ1n) is 10.4. The van der Waals surface area contributed by atoms with E-state index in [9.17, 15) is 14.0 Å². The molecule has 6 heteroatoms. The number of piperidine rings is 1. The molecule has 0 aliphatic carbocycles. The van der Waals surface area contributed by atoms with Gasteiger partial charge in [-0.25, -0.2) is 4.39 Å². The summed E-state index contributed by atoms with van der Waals surface area (Å²) in [5.41, 5.74) is 1.83. The van der Waals surface area contributed by atoms with Gasteiger partial charge in [-0.3, -0.25) is 9.59 Å². The van der Waals surface area contributed by atoms with E-state index in [-0.39, 0.29) is 37.4 Å². The van der Waals surface area contributed by atoms with Crippen molar-refractivity contribution in [3.05, 3.63) is 70.5 Å². The van der Waals surface area contributed by atoms with E-state index in [2.05, 4.69) is 5.32 Å². The van der Waals surface area contributed by atoms with Crippen molar-refractivity contribution in [2.45, 2.75) is 52.5 Å². The lowest BCUT2D eigenvalue weighted by Crippen LogP contribution is -2.53. The zero-order valence-corrected chi connectivity index (χ0v) is 18.2. The van der Waals surface area contributed by atoms with Gasteiger partial charge in [0.15, 0.2) is 0 Å². The van der Waals surface area contributed by atoms with Crippen LogP contribution in [0, 0.1) is 11.7 Å². The van der Waals surface area contributed by atoms with Gasteiger partial charge >= 0.3 is 0 Å². The third-order valence-corrected chi connectivity index (χ3v) is 5.90. The molecular formula is C25H32ClFN2O2. The van der Waals surface area contributed by atoms with Gasteiger partial charge in [-0.1, -0.05) is 57.1 Å². The molecule has 1 aliphatic heterocycles. The number of nitrogens with zero attached hydrogens (tertiary/aromatic N) is 1. The van der Waals surface area contributed by atoms with Crippen molar-refractivity contribution in [1.82, 2.24) is 10.2 Å². The van der Waals surface area contributed by atoms with Crippen LogP contribution < -0.4 is 5.32 Å². The zero-order chi connectivity index (χ0) is 21.7. The van der Waals surface area contributed by atoms with Crippen LogP contribution in [0.1, 0.15) is 51.2 Å². The van der Waals surface area contributed by atoms with Gasteiger partial charge in [0, 0.05) is 18.1 Å². The van der Waals surface area contributed by atoms with Crippen LogP contribution in [0.25, 0.3) is 0 Å². The van der Waals surface area contributed by atoms with Crippen molar-refractivity contribution in [3.63, 3.8) is 0 Å². The van der Waals surface area contributed by atoms with Gasteiger partial charge in [-0.05, 0) is 60.1 Å². The summed E-state index contributed by atoms with van der Waals surface area (Å²) in [6.45, 7) is 5.17. The van der Waals surface area contributed by atoms with E-state index in [4.69, 9.17) is 11.6 Å². The molecule has 2 aromatic carbocycles. The Morgan fingerprint density at radius 1 is 1.13 bits per heavy atom. The fraction of sp³-hybridized carbons (Fsp3) is 0.440. The van der Waals surface area contributed by atoms with E-state index < -0.39 is 6.04 Å². The third kappa shape index (κ3) is 6.79. The van der Waals surface area contributed by atoms with E-state index in [1.54, 1.807) is 12.1 Å². The molecule has 31 heavy (non-hydrogen) atoms. The second kappa shape index (κ2) is 11.3. The predicted molar refractivity (Wildman–Crippen MR) is 124 cm³/mol. The maximum atomic E-state index is 13.4. The molecule has 1 aliphatic rings. The molecule has 168 valence electrons. The lowest BCUT2D eigenvalue weighted by molar-refractivity contribution is -0.138. The minimum absolute atomic E-state index is 0. The van der Waals surface area contributed by atoms with Crippen molar-refractivity contribution in [1.29, 1.82) is 0 Å². The maximum Gasteiger partial charge on any atom is 0.245 e. The van der Waals surface area contributed by atoms with E-state index in [1.807, 2.05) is 43.0 Å². The Balaban J connectivity index is 0.00000341. The lowest BCUT2D eigenvalue weighted by Gasteiger charge is -2.35. The summed E-state index contributed by atoms with van der Waals surface area (Å²) in [6, 6.07) is 13.3. The Hall–Kier alpha value is -2.40. The normalized spacial score (nSPS) is 15.3. The topological polar surface area (TPSA) is 49.4 Å². The highest BCUT2D eigenvalue weighted by molar-refractivity contribution is 6.30. The Labute approximate surface area is 189 Å². The molecule has 1 N–H and O–H groups in total. The molecule has 3 rings (SSSR count). The standard InChI is InChI=1S/C24H28ClFN2O2.CH4/c1-16(2)23(27-22(29)15-17-4-3-5-21(26)14-17)24(30)28-12-10-19(11-13-28)18-6-8-20(25)9-7-18;/h3-9,14,16,19,23H,10-13,15H2,1-2H3,(H,27,29);1H4/t23-;/m1./s1. The number of carbonyl (C=O) groups is 2. The second-order valence-electron chi connectivity index (χ2n) is 8.25. The third-order valence-electron chi connectivity index (χ3n) is 5.65. The van der Waals surface area contributed by atoms with Crippen molar-refractivity contribution in [3.8, 4) is 0 Å². The largest absolute Gasteiger partial charge is 0.344 e. The van der Waals surface area contributed by atoms with Crippen LogP contribution in [0.4, 0.5) is 4.39 Å². The molecule has 0 saturated carbocycles. The highest BCUT2D eigenvalue weighted by atomic mass is 35.5. The summed E-state index contributed by atoms with van der Waals surface area (Å²) in [4.78, 5) is 27.4. The first kappa shape index (κ1) is 24.9.